The molecule has 1 fully saturated rings. The summed E-state index contributed by atoms with van der Waals surface area (Å²) in [5, 5.41) is 20.9. The zero-order valence-electron chi connectivity index (χ0n) is 14.7. The average Bonchev–Trinajstić information content (AvgIpc) is 2.54. The molecule has 3 N–H and O–H groups in total. The van der Waals surface area contributed by atoms with Crippen molar-refractivity contribution in [2.75, 3.05) is 31.5 Å². The number of rotatable bonds is 2. The molecule has 0 atom stereocenters. The molecule has 1 aromatic rings. The third-order valence-electron chi connectivity index (χ3n) is 3.68. The first-order valence-corrected chi connectivity index (χ1v) is 8.16. The lowest BCUT2D eigenvalue weighted by Gasteiger charge is -2.35. The first-order valence-electron chi connectivity index (χ1n) is 8.16. The van der Waals surface area contributed by atoms with Crippen molar-refractivity contribution >= 4 is 30.4 Å². The number of benzene rings is 1. The molecule has 1 aliphatic heterocycles. The number of hydrogen-bond acceptors (Lipinski definition) is 5. The van der Waals surface area contributed by atoms with Crippen LogP contribution in [0.2, 0.25) is 0 Å². The number of amides is 3. The maximum absolute atomic E-state index is 12.3. The highest BCUT2D eigenvalue weighted by atomic mass is 16.6. The summed E-state index contributed by atoms with van der Waals surface area (Å²) in [5.41, 5.74) is 0.368. The van der Waals surface area contributed by atoms with E-state index in [1.165, 1.54) is 12.1 Å². The van der Waals surface area contributed by atoms with Crippen LogP contribution in [0.3, 0.4) is 0 Å². The molecule has 0 spiro atoms. The Bertz CT molecular complexity index is 607. The molecule has 1 aliphatic rings. The van der Waals surface area contributed by atoms with Gasteiger partial charge in [-0.2, -0.15) is 0 Å². The van der Waals surface area contributed by atoms with E-state index >= 15 is 0 Å². The van der Waals surface area contributed by atoms with Gasteiger partial charge < -0.3 is 29.9 Å². The Hall–Kier alpha value is -2.26. The molecule has 8 nitrogen and oxygen atoms in total. The van der Waals surface area contributed by atoms with Crippen LogP contribution in [0.25, 0.3) is 0 Å². The summed E-state index contributed by atoms with van der Waals surface area (Å²) in [6.07, 6.45) is -0.370. The Morgan fingerprint density at radius 1 is 1.04 bits per heavy atom. The van der Waals surface area contributed by atoms with E-state index < -0.39 is 12.7 Å². The molecule has 1 heterocycles. The molecule has 0 aromatic heterocycles. The Morgan fingerprint density at radius 2 is 1.56 bits per heavy atom. The smallest absolute Gasteiger partial charge is 0.444 e. The number of nitrogens with one attached hydrogen (secondary N) is 1. The van der Waals surface area contributed by atoms with Crippen molar-refractivity contribution in [3.8, 4) is 0 Å². The van der Waals surface area contributed by atoms with E-state index in [2.05, 4.69) is 5.32 Å². The van der Waals surface area contributed by atoms with Crippen molar-refractivity contribution < 1.29 is 24.4 Å². The van der Waals surface area contributed by atoms with Crippen molar-refractivity contribution in [1.82, 2.24) is 9.80 Å². The van der Waals surface area contributed by atoms with E-state index in [4.69, 9.17) is 14.8 Å². The fourth-order valence-corrected chi connectivity index (χ4v) is 2.36. The van der Waals surface area contributed by atoms with Crippen molar-refractivity contribution in [2.45, 2.75) is 26.4 Å². The lowest BCUT2D eigenvalue weighted by Crippen LogP contribution is -2.52. The average molecular weight is 349 g/mol. The molecule has 136 valence electrons. The fourth-order valence-electron chi connectivity index (χ4n) is 2.36. The van der Waals surface area contributed by atoms with Gasteiger partial charge in [-0.3, -0.25) is 0 Å². The molecule has 2 rings (SSSR count). The first kappa shape index (κ1) is 19.1. The largest absolute Gasteiger partial charge is 0.488 e. The van der Waals surface area contributed by atoms with Gasteiger partial charge in [0.05, 0.1) is 0 Å². The second kappa shape index (κ2) is 7.75. The normalized spacial score (nSPS) is 14.9. The van der Waals surface area contributed by atoms with Gasteiger partial charge in [-0.1, -0.05) is 12.1 Å². The maximum atomic E-state index is 12.3. The summed E-state index contributed by atoms with van der Waals surface area (Å²) >= 11 is 0. The van der Waals surface area contributed by atoms with Crippen molar-refractivity contribution in [1.29, 1.82) is 0 Å². The minimum atomic E-state index is -1.54. The first-order chi connectivity index (χ1) is 11.7. The number of ether oxygens (including phenoxy) is 1. The summed E-state index contributed by atoms with van der Waals surface area (Å²) < 4.78 is 5.33. The summed E-state index contributed by atoms with van der Waals surface area (Å²) in [5.74, 6) is 0. The minimum absolute atomic E-state index is 0.263. The van der Waals surface area contributed by atoms with Gasteiger partial charge in [-0.15, -0.1) is 0 Å². The van der Waals surface area contributed by atoms with E-state index in [1.807, 2.05) is 20.8 Å². The van der Waals surface area contributed by atoms with Crippen LogP contribution in [0.4, 0.5) is 15.3 Å². The van der Waals surface area contributed by atoms with Crippen LogP contribution in [-0.4, -0.2) is 70.9 Å². The zero-order chi connectivity index (χ0) is 18.6. The number of anilines is 1. The molecular weight excluding hydrogens is 325 g/mol. The van der Waals surface area contributed by atoms with Crippen LogP contribution < -0.4 is 10.8 Å². The predicted molar refractivity (Wildman–Crippen MR) is 94.7 cm³/mol. The van der Waals surface area contributed by atoms with E-state index in [-0.39, 0.29) is 12.1 Å². The van der Waals surface area contributed by atoms with E-state index in [9.17, 15) is 9.59 Å². The standard InChI is InChI=1S/C16H24BN3O5/c1-16(2,3)25-15(22)20-10-8-19(9-11-20)14(21)18-13-6-4-12(5-7-13)17(23)24/h4-7,23-24H,8-11H2,1-3H3,(H,18,21). The molecule has 0 bridgehead atoms. The number of nitrogens with zero attached hydrogens (tertiary/aromatic N) is 2. The maximum Gasteiger partial charge on any atom is 0.488 e. The highest BCUT2D eigenvalue weighted by Crippen LogP contribution is 2.13. The summed E-state index contributed by atoms with van der Waals surface area (Å²) in [6.45, 7) is 7.11. The fraction of sp³-hybridized carbons (Fsp3) is 0.500. The molecule has 0 aliphatic carbocycles. The van der Waals surface area contributed by atoms with Crippen LogP contribution in [-0.2, 0) is 4.74 Å². The van der Waals surface area contributed by atoms with Crippen molar-refractivity contribution in [3.05, 3.63) is 24.3 Å². The van der Waals surface area contributed by atoms with Crippen molar-refractivity contribution in [3.63, 3.8) is 0 Å². The van der Waals surface area contributed by atoms with Gasteiger partial charge in [0.2, 0.25) is 0 Å². The molecule has 1 saturated heterocycles. The third kappa shape index (κ3) is 5.65. The monoisotopic (exact) mass is 349 g/mol. The second-order valence-corrected chi connectivity index (χ2v) is 6.88. The molecule has 25 heavy (non-hydrogen) atoms. The quantitative estimate of drug-likeness (QED) is 0.673. The van der Waals surface area contributed by atoms with Gasteiger partial charge in [-0.05, 0) is 38.4 Å². The summed E-state index contributed by atoms with van der Waals surface area (Å²) in [6, 6.07) is 6.00. The molecule has 1 aromatic carbocycles. The predicted octanol–water partition coefficient (Wildman–Crippen LogP) is 0.451. The van der Waals surface area contributed by atoms with Crippen LogP contribution >= 0.6 is 0 Å². The molecule has 0 unspecified atom stereocenters. The topological polar surface area (TPSA) is 102 Å². The lowest BCUT2D eigenvalue weighted by molar-refractivity contribution is 0.0174. The molecule has 3 amide bonds. The number of carbonyl (C=O) groups excluding carboxylic acids is 2. The van der Waals surface area contributed by atoms with Gasteiger partial charge in [0.15, 0.2) is 0 Å². The van der Waals surface area contributed by atoms with Crippen LogP contribution in [0.1, 0.15) is 20.8 Å². The van der Waals surface area contributed by atoms with Gasteiger partial charge in [-0.25, -0.2) is 9.59 Å². The van der Waals surface area contributed by atoms with E-state index in [1.54, 1.807) is 21.9 Å². The Balaban J connectivity index is 1.84. The minimum Gasteiger partial charge on any atom is -0.444 e. The lowest BCUT2D eigenvalue weighted by atomic mass is 9.80. The van der Waals surface area contributed by atoms with Crippen LogP contribution in [0, 0.1) is 0 Å². The highest BCUT2D eigenvalue weighted by Gasteiger charge is 2.27. The summed E-state index contributed by atoms with van der Waals surface area (Å²) in [7, 11) is -1.54. The van der Waals surface area contributed by atoms with Crippen LogP contribution in [0.5, 0.6) is 0 Å². The zero-order valence-corrected chi connectivity index (χ0v) is 14.7. The van der Waals surface area contributed by atoms with E-state index in [0.717, 1.165) is 0 Å². The Labute approximate surface area is 147 Å². The van der Waals surface area contributed by atoms with Gasteiger partial charge in [0.25, 0.3) is 0 Å². The van der Waals surface area contributed by atoms with E-state index in [0.29, 0.717) is 37.3 Å². The van der Waals surface area contributed by atoms with Crippen LogP contribution in [0.15, 0.2) is 24.3 Å². The number of urea groups is 1. The molecule has 0 saturated carbocycles. The number of hydrogen-bond donors (Lipinski definition) is 3. The third-order valence-corrected chi connectivity index (χ3v) is 3.68. The van der Waals surface area contributed by atoms with Crippen molar-refractivity contribution in [2.24, 2.45) is 0 Å². The molecular formula is C16H24BN3O5. The SMILES string of the molecule is CC(C)(C)OC(=O)N1CCN(C(=O)Nc2ccc(B(O)O)cc2)CC1. The highest BCUT2D eigenvalue weighted by molar-refractivity contribution is 6.58. The number of piperazine rings is 1. The van der Waals surface area contributed by atoms with Gasteiger partial charge in [0, 0.05) is 31.9 Å². The molecule has 0 radical (unpaired) electrons. The Kier molecular flexibility index (Phi) is 5.91. The summed E-state index contributed by atoms with van der Waals surface area (Å²) in [4.78, 5) is 27.5. The molecule has 9 heteroatoms. The second-order valence-electron chi connectivity index (χ2n) is 6.88. The van der Waals surface area contributed by atoms with Gasteiger partial charge >= 0.3 is 19.2 Å². The Morgan fingerprint density at radius 3 is 2.04 bits per heavy atom. The number of carbonyl (C=O) groups is 2. The van der Waals surface area contributed by atoms with Gasteiger partial charge in [0.1, 0.15) is 5.60 Å².